The first-order valence-electron chi connectivity index (χ1n) is 24.4. The molecule has 20 heteroatoms. The maximum absolute atomic E-state index is 13.5. The molecule has 0 saturated carbocycles. The summed E-state index contributed by atoms with van der Waals surface area (Å²) in [5.74, 6) is -6.01. The Morgan fingerprint density at radius 3 is 1.39 bits per heavy atom. The Morgan fingerprint density at radius 2 is 0.943 bits per heavy atom. The molecule has 1 rings (SSSR count). The average Bonchev–Trinajstić information content (AvgIpc) is 3.22. The number of aliphatic hydroxyl groups is 3. The first-order valence-corrected chi connectivity index (χ1v) is 24.4. The highest BCUT2D eigenvalue weighted by Crippen LogP contribution is 2.16. The molecule has 0 saturated heterocycles. The van der Waals surface area contributed by atoms with E-state index in [0.717, 1.165) is 5.56 Å². The fourth-order valence-corrected chi connectivity index (χ4v) is 7.30. The summed E-state index contributed by atoms with van der Waals surface area (Å²) < 4.78 is 0. The van der Waals surface area contributed by atoms with Gasteiger partial charge in [0.2, 0.25) is 29.5 Å². The van der Waals surface area contributed by atoms with Crippen molar-refractivity contribution in [3.8, 4) is 0 Å². The molecule has 70 heavy (non-hydrogen) atoms. The lowest BCUT2D eigenvalue weighted by Gasteiger charge is -2.31. The van der Waals surface area contributed by atoms with Crippen molar-refractivity contribution in [3.63, 3.8) is 0 Å². The number of aliphatic carboxylic acids is 2. The van der Waals surface area contributed by atoms with Gasteiger partial charge >= 0.3 is 11.9 Å². The zero-order valence-electron chi connectivity index (χ0n) is 43.7. The minimum absolute atomic E-state index is 0.0152. The Morgan fingerprint density at radius 1 is 0.500 bits per heavy atom. The third-order valence-corrected chi connectivity index (χ3v) is 11.0. The zero-order valence-corrected chi connectivity index (χ0v) is 43.7. The predicted molar refractivity (Wildman–Crippen MR) is 265 cm³/mol. The van der Waals surface area contributed by atoms with Crippen molar-refractivity contribution in [1.82, 2.24) is 31.9 Å². The summed E-state index contributed by atoms with van der Waals surface area (Å²) in [6.07, 6.45) is -3.59. The lowest BCUT2D eigenvalue weighted by Crippen LogP contribution is -2.59. The van der Waals surface area contributed by atoms with Gasteiger partial charge in [-0.2, -0.15) is 0 Å². The molecule has 1 aromatic carbocycles. The Labute approximate surface area is 414 Å². The SMILES string of the molecule is CC(C)CC(=O)N[C@H](C(=O)N[C@H](C(=O)N[C@@H](CC(C)C)[C@@H](O)CC(=O)N[C@@H](C)C(=O)N[C@@H](CC(C)C)[C@@H](O)CC(=O)O)C(C)C)C(C)C.CC(C)CC(NC(=O)[C@@H](O)[C@H](N)Cc1ccccc1)C(=O)O. The number of carbonyl (C=O) groups is 8. The molecule has 0 aromatic heterocycles. The van der Waals surface area contributed by atoms with Gasteiger partial charge in [0.15, 0.2) is 0 Å². The van der Waals surface area contributed by atoms with E-state index in [9.17, 15) is 53.7 Å². The van der Waals surface area contributed by atoms with E-state index in [1.807, 2.05) is 85.7 Å². The van der Waals surface area contributed by atoms with E-state index < -0.39 is 115 Å². The third-order valence-electron chi connectivity index (χ3n) is 11.0. The third kappa shape index (κ3) is 26.7. The Hall–Kier alpha value is -5.18. The van der Waals surface area contributed by atoms with Gasteiger partial charge in [0, 0.05) is 12.5 Å². The Balaban J connectivity index is 0.00000179. The van der Waals surface area contributed by atoms with Gasteiger partial charge in [-0.15, -0.1) is 0 Å². The fourth-order valence-electron chi connectivity index (χ4n) is 7.30. The van der Waals surface area contributed by atoms with E-state index in [-0.39, 0.29) is 47.8 Å². The summed E-state index contributed by atoms with van der Waals surface area (Å²) in [4.78, 5) is 99.0. The van der Waals surface area contributed by atoms with E-state index in [1.165, 1.54) is 6.92 Å². The van der Waals surface area contributed by atoms with Crippen molar-refractivity contribution in [2.45, 2.75) is 196 Å². The summed E-state index contributed by atoms with van der Waals surface area (Å²) in [6.45, 7) is 23.5. The summed E-state index contributed by atoms with van der Waals surface area (Å²) >= 11 is 0. The maximum Gasteiger partial charge on any atom is 0.326 e. The molecule has 13 N–H and O–H groups in total. The second-order valence-corrected chi connectivity index (χ2v) is 20.7. The van der Waals surface area contributed by atoms with E-state index in [1.54, 1.807) is 27.7 Å². The number of hydrogen-bond acceptors (Lipinski definition) is 12. The molecule has 6 amide bonds. The topological polar surface area (TPSA) is 336 Å². The van der Waals surface area contributed by atoms with Crippen molar-refractivity contribution in [1.29, 1.82) is 0 Å². The van der Waals surface area contributed by atoms with Crippen molar-refractivity contribution >= 4 is 47.4 Å². The first-order chi connectivity index (χ1) is 32.4. The highest BCUT2D eigenvalue weighted by molar-refractivity contribution is 5.93. The van der Waals surface area contributed by atoms with Gasteiger partial charge in [-0.25, -0.2) is 4.79 Å². The predicted octanol–water partition coefficient (Wildman–Crippen LogP) is 2.00. The number of aliphatic hydroxyl groups excluding tert-OH is 3. The van der Waals surface area contributed by atoms with Crippen molar-refractivity contribution in [2.75, 3.05) is 0 Å². The summed E-state index contributed by atoms with van der Waals surface area (Å²) in [7, 11) is 0. The number of rotatable bonds is 30. The molecule has 0 spiro atoms. The minimum atomic E-state index is -1.45. The second-order valence-electron chi connectivity index (χ2n) is 20.7. The van der Waals surface area contributed by atoms with Gasteiger partial charge in [0.25, 0.3) is 5.91 Å². The lowest BCUT2D eigenvalue weighted by atomic mass is 9.95. The summed E-state index contributed by atoms with van der Waals surface area (Å²) in [6, 6.07) is 2.82. The van der Waals surface area contributed by atoms with Crippen LogP contribution in [0.2, 0.25) is 0 Å². The molecular formula is C50H87N7O13. The van der Waals surface area contributed by atoms with Crippen LogP contribution in [-0.2, 0) is 44.8 Å². The van der Waals surface area contributed by atoms with Crippen LogP contribution in [0.4, 0.5) is 0 Å². The molecule has 0 aliphatic rings. The molecule has 0 heterocycles. The number of amides is 6. The molecule has 20 nitrogen and oxygen atoms in total. The van der Waals surface area contributed by atoms with Gasteiger partial charge in [-0.3, -0.25) is 33.6 Å². The highest BCUT2D eigenvalue weighted by atomic mass is 16.4. The molecule has 0 radical (unpaired) electrons. The largest absolute Gasteiger partial charge is 0.481 e. The van der Waals surface area contributed by atoms with E-state index in [0.29, 0.717) is 25.7 Å². The van der Waals surface area contributed by atoms with Gasteiger partial charge in [-0.1, -0.05) is 113 Å². The van der Waals surface area contributed by atoms with Crippen LogP contribution < -0.4 is 37.6 Å². The average molecular weight is 994 g/mol. The van der Waals surface area contributed by atoms with Gasteiger partial charge in [0.1, 0.15) is 30.3 Å². The van der Waals surface area contributed by atoms with Crippen LogP contribution in [-0.4, -0.2) is 134 Å². The minimum Gasteiger partial charge on any atom is -0.481 e. The van der Waals surface area contributed by atoms with Crippen LogP contribution >= 0.6 is 0 Å². The molecular weight excluding hydrogens is 907 g/mol. The maximum atomic E-state index is 13.5. The van der Waals surface area contributed by atoms with Crippen LogP contribution in [0.3, 0.4) is 0 Å². The molecule has 0 fully saturated rings. The second kappa shape index (κ2) is 32.7. The van der Waals surface area contributed by atoms with Gasteiger partial charge < -0.3 is 63.2 Å². The number of carboxylic acid groups (broad SMARTS) is 2. The van der Waals surface area contributed by atoms with Crippen molar-refractivity contribution in [2.24, 2.45) is 41.2 Å². The van der Waals surface area contributed by atoms with E-state index in [2.05, 4.69) is 31.9 Å². The number of nitrogens with two attached hydrogens (primary N) is 1. The lowest BCUT2D eigenvalue weighted by molar-refractivity contribution is -0.144. The van der Waals surface area contributed by atoms with E-state index >= 15 is 0 Å². The van der Waals surface area contributed by atoms with Crippen LogP contribution in [0.25, 0.3) is 0 Å². The van der Waals surface area contributed by atoms with Gasteiger partial charge in [0.05, 0.1) is 37.1 Å². The quantitative estimate of drug-likeness (QED) is 0.0525. The number of carbonyl (C=O) groups excluding carboxylic acids is 6. The van der Waals surface area contributed by atoms with Crippen LogP contribution in [0, 0.1) is 35.5 Å². The summed E-state index contributed by atoms with van der Waals surface area (Å²) in [5.41, 5.74) is 6.75. The van der Waals surface area contributed by atoms with Crippen molar-refractivity contribution < 1.29 is 63.9 Å². The van der Waals surface area contributed by atoms with E-state index in [4.69, 9.17) is 15.9 Å². The number of carboxylic acids is 2. The van der Waals surface area contributed by atoms with Gasteiger partial charge in [-0.05, 0) is 73.7 Å². The monoisotopic (exact) mass is 994 g/mol. The van der Waals surface area contributed by atoms with Crippen LogP contribution in [0.1, 0.15) is 134 Å². The number of nitrogens with one attached hydrogen (secondary N) is 6. The number of hydrogen-bond donors (Lipinski definition) is 12. The summed E-state index contributed by atoms with van der Waals surface area (Å²) in [5, 5.41) is 65.3. The smallest absolute Gasteiger partial charge is 0.326 e. The molecule has 0 aliphatic carbocycles. The number of benzene rings is 1. The highest BCUT2D eigenvalue weighted by Gasteiger charge is 2.34. The Kier molecular flexibility index (Phi) is 30.2. The first kappa shape index (κ1) is 64.8. The fraction of sp³-hybridized carbons (Fsp3) is 0.720. The molecule has 0 aliphatic heterocycles. The van der Waals surface area contributed by atoms with Crippen molar-refractivity contribution in [3.05, 3.63) is 35.9 Å². The Bertz CT molecular complexity index is 1790. The molecule has 1 unspecified atom stereocenters. The molecule has 1 aromatic rings. The zero-order chi connectivity index (χ0) is 54.2. The standard InChI is InChI=1S/C34H63N5O9.C16H24N2O4/c1-17(2)12-23(37-33(47)31(21(9)10)39-34(48)30(20(7)8)38-27(42)14-19(5)6)25(40)15-28(43)35-22(11)32(46)36-24(13-18(3)4)26(41)16-29(44)45;1-10(2)8-13(16(21)22)18-15(20)14(19)12(17)9-11-6-4-3-5-7-11/h17-26,30-31,40-41H,12-16H2,1-11H3,(H,35,43)(H,36,46)(H,37,47)(H,38,42)(H,39,48)(H,44,45);3-7,10,12-14,19H,8-9,17H2,1-2H3,(H,18,20)(H,21,22)/t22-,23-,24-,25-,26-,30-,31-;12-,13?,14+/m01/s1. The molecule has 0 bridgehead atoms. The normalized spacial score (nSPS) is 15.8. The molecule has 400 valence electrons. The van der Waals surface area contributed by atoms with Crippen LogP contribution in [0.15, 0.2) is 30.3 Å². The van der Waals surface area contributed by atoms with Crippen LogP contribution in [0.5, 0.6) is 0 Å². The molecule has 10 atom stereocenters.